The van der Waals surface area contributed by atoms with Gasteiger partial charge >= 0.3 is 5.97 Å². The zero-order valence-corrected chi connectivity index (χ0v) is 7.96. The van der Waals surface area contributed by atoms with E-state index in [1.807, 2.05) is 20.8 Å². The summed E-state index contributed by atoms with van der Waals surface area (Å²) in [7, 11) is 1.22. The third-order valence-corrected chi connectivity index (χ3v) is 1.15. The van der Waals surface area contributed by atoms with Crippen LogP contribution in [-0.4, -0.2) is 36.5 Å². The molecule has 4 nitrogen and oxygen atoms in total. The number of carbonyl (C=O) groups is 1. The topological polar surface area (TPSA) is 55.8 Å². The summed E-state index contributed by atoms with van der Waals surface area (Å²) in [6.07, 6.45) is -1.19. The van der Waals surface area contributed by atoms with Crippen molar-refractivity contribution in [1.82, 2.24) is 0 Å². The molecule has 0 aliphatic rings. The van der Waals surface area contributed by atoms with Crippen LogP contribution in [0.5, 0.6) is 0 Å². The summed E-state index contributed by atoms with van der Waals surface area (Å²) in [5.74, 6) is -0.667. The first kappa shape index (κ1) is 11.4. The van der Waals surface area contributed by atoms with Crippen molar-refractivity contribution in [1.29, 1.82) is 0 Å². The van der Waals surface area contributed by atoms with Gasteiger partial charge in [-0.25, -0.2) is 4.79 Å². The molecule has 0 saturated carbocycles. The average Bonchev–Trinajstić information content (AvgIpc) is 1.97. The first-order chi connectivity index (χ1) is 5.37. The third-order valence-electron chi connectivity index (χ3n) is 1.15. The van der Waals surface area contributed by atoms with Crippen LogP contribution < -0.4 is 0 Å². The van der Waals surface area contributed by atoms with Gasteiger partial charge in [-0.3, -0.25) is 0 Å². The van der Waals surface area contributed by atoms with Gasteiger partial charge in [0.15, 0.2) is 6.10 Å². The maximum Gasteiger partial charge on any atom is 0.337 e. The second kappa shape index (κ2) is 4.42. The fourth-order valence-electron chi connectivity index (χ4n) is 0.533. The minimum absolute atomic E-state index is 0.0316. The molecule has 0 heterocycles. The van der Waals surface area contributed by atoms with Crippen LogP contribution in [0.15, 0.2) is 0 Å². The van der Waals surface area contributed by atoms with Crippen LogP contribution in [0.25, 0.3) is 0 Å². The van der Waals surface area contributed by atoms with Gasteiger partial charge in [-0.05, 0) is 20.8 Å². The Balaban J connectivity index is 3.72. The normalized spacial score (nSPS) is 14.1. The van der Waals surface area contributed by atoms with Crippen molar-refractivity contribution in [2.45, 2.75) is 32.5 Å². The van der Waals surface area contributed by atoms with Crippen molar-refractivity contribution in [3.05, 3.63) is 0 Å². The lowest BCUT2D eigenvalue weighted by molar-refractivity contribution is -0.156. The fourth-order valence-corrected chi connectivity index (χ4v) is 0.533. The van der Waals surface area contributed by atoms with Crippen LogP contribution >= 0.6 is 0 Å². The number of esters is 1. The van der Waals surface area contributed by atoms with E-state index in [1.54, 1.807) is 0 Å². The molecule has 1 atom stereocenters. The average molecular weight is 176 g/mol. The van der Waals surface area contributed by atoms with Crippen LogP contribution in [0.1, 0.15) is 20.8 Å². The number of ether oxygens (including phenoxy) is 2. The summed E-state index contributed by atoms with van der Waals surface area (Å²) in [6.45, 7) is 5.50. The SMILES string of the molecule is COC(=O)[C@H](O)COC(C)(C)C. The molecule has 72 valence electrons. The van der Waals surface area contributed by atoms with Crippen molar-refractivity contribution in [3.63, 3.8) is 0 Å². The Morgan fingerprint density at radius 2 is 2.00 bits per heavy atom. The molecule has 0 aromatic carbocycles. The minimum Gasteiger partial charge on any atom is -0.467 e. The number of hydrogen-bond acceptors (Lipinski definition) is 4. The van der Waals surface area contributed by atoms with Crippen LogP contribution in [0.2, 0.25) is 0 Å². The molecule has 4 heteroatoms. The van der Waals surface area contributed by atoms with Crippen molar-refractivity contribution in [3.8, 4) is 0 Å². The number of aliphatic hydroxyl groups excluding tert-OH is 1. The molecule has 1 N–H and O–H groups in total. The third kappa shape index (κ3) is 5.09. The predicted molar refractivity (Wildman–Crippen MR) is 43.7 cm³/mol. The van der Waals surface area contributed by atoms with Gasteiger partial charge in [0.05, 0.1) is 19.3 Å². The summed E-state index contributed by atoms with van der Waals surface area (Å²) < 4.78 is 9.47. The molecule has 0 bridgehead atoms. The predicted octanol–water partition coefficient (Wildman–Crippen LogP) is 0.335. The molecule has 0 spiro atoms. The fraction of sp³-hybridized carbons (Fsp3) is 0.875. The molecular weight excluding hydrogens is 160 g/mol. The van der Waals surface area contributed by atoms with E-state index in [0.29, 0.717) is 0 Å². The van der Waals surface area contributed by atoms with Gasteiger partial charge in [0.25, 0.3) is 0 Å². The van der Waals surface area contributed by atoms with E-state index in [2.05, 4.69) is 4.74 Å². The number of aliphatic hydroxyl groups is 1. The lowest BCUT2D eigenvalue weighted by Gasteiger charge is -2.20. The van der Waals surface area contributed by atoms with Gasteiger partial charge in [0, 0.05) is 0 Å². The second-order valence-corrected chi connectivity index (χ2v) is 3.46. The minimum atomic E-state index is -1.19. The van der Waals surface area contributed by atoms with E-state index in [9.17, 15) is 4.79 Å². The quantitative estimate of drug-likeness (QED) is 0.630. The monoisotopic (exact) mass is 176 g/mol. The summed E-state index contributed by atoms with van der Waals surface area (Å²) in [5.41, 5.74) is -0.352. The Morgan fingerprint density at radius 1 is 1.50 bits per heavy atom. The Hall–Kier alpha value is -0.610. The summed E-state index contributed by atoms with van der Waals surface area (Å²) in [6, 6.07) is 0. The molecule has 0 unspecified atom stereocenters. The van der Waals surface area contributed by atoms with Gasteiger partial charge in [-0.1, -0.05) is 0 Å². The lowest BCUT2D eigenvalue weighted by Crippen LogP contribution is -2.32. The van der Waals surface area contributed by atoms with Crippen LogP contribution in [0, 0.1) is 0 Å². The van der Waals surface area contributed by atoms with E-state index in [4.69, 9.17) is 9.84 Å². The van der Waals surface area contributed by atoms with Crippen molar-refractivity contribution >= 4 is 5.97 Å². The number of hydrogen-bond donors (Lipinski definition) is 1. The number of carbonyl (C=O) groups excluding carboxylic acids is 1. The highest BCUT2D eigenvalue weighted by Crippen LogP contribution is 2.07. The van der Waals surface area contributed by atoms with E-state index in [1.165, 1.54) is 7.11 Å². The first-order valence-corrected chi connectivity index (χ1v) is 3.76. The van der Waals surface area contributed by atoms with E-state index < -0.39 is 12.1 Å². The molecule has 0 aromatic rings. The maximum absolute atomic E-state index is 10.7. The Morgan fingerprint density at radius 3 is 2.33 bits per heavy atom. The molecule has 12 heavy (non-hydrogen) atoms. The lowest BCUT2D eigenvalue weighted by atomic mass is 10.2. The van der Waals surface area contributed by atoms with Crippen LogP contribution in [-0.2, 0) is 14.3 Å². The molecule has 0 aliphatic heterocycles. The molecule has 0 aromatic heterocycles. The first-order valence-electron chi connectivity index (χ1n) is 3.76. The van der Waals surface area contributed by atoms with Crippen LogP contribution in [0.4, 0.5) is 0 Å². The highest BCUT2D eigenvalue weighted by atomic mass is 16.6. The number of methoxy groups -OCH3 is 1. The van der Waals surface area contributed by atoms with Gasteiger partial charge in [-0.15, -0.1) is 0 Å². The smallest absolute Gasteiger partial charge is 0.337 e. The zero-order chi connectivity index (χ0) is 9.78. The highest BCUT2D eigenvalue weighted by molar-refractivity contribution is 5.74. The standard InChI is InChI=1S/C8H16O4/c1-8(2,3)12-5-6(9)7(10)11-4/h6,9H,5H2,1-4H3/t6-/m1/s1. The molecule has 0 rings (SSSR count). The number of rotatable bonds is 3. The zero-order valence-electron chi connectivity index (χ0n) is 7.96. The van der Waals surface area contributed by atoms with Crippen molar-refractivity contribution < 1.29 is 19.4 Å². The Kier molecular flexibility index (Phi) is 4.20. The van der Waals surface area contributed by atoms with Crippen LogP contribution in [0.3, 0.4) is 0 Å². The summed E-state index contributed by atoms with van der Waals surface area (Å²) >= 11 is 0. The Bertz CT molecular complexity index is 148. The molecule has 0 saturated heterocycles. The van der Waals surface area contributed by atoms with Gasteiger partial charge in [0.2, 0.25) is 0 Å². The van der Waals surface area contributed by atoms with Crippen molar-refractivity contribution in [2.75, 3.05) is 13.7 Å². The molecule has 0 radical (unpaired) electrons. The molecule has 0 amide bonds. The summed E-state index contributed by atoms with van der Waals surface area (Å²) in [5, 5.41) is 9.08. The van der Waals surface area contributed by atoms with E-state index in [0.717, 1.165) is 0 Å². The highest BCUT2D eigenvalue weighted by Gasteiger charge is 2.19. The maximum atomic E-state index is 10.7. The van der Waals surface area contributed by atoms with Gasteiger partial charge in [-0.2, -0.15) is 0 Å². The van der Waals surface area contributed by atoms with Crippen molar-refractivity contribution in [2.24, 2.45) is 0 Å². The summed E-state index contributed by atoms with van der Waals surface area (Å²) in [4.78, 5) is 10.7. The van der Waals surface area contributed by atoms with Gasteiger partial charge in [0.1, 0.15) is 0 Å². The molecular formula is C8H16O4. The van der Waals surface area contributed by atoms with Gasteiger partial charge < -0.3 is 14.6 Å². The molecule has 0 aliphatic carbocycles. The Labute approximate surface area is 72.5 Å². The second-order valence-electron chi connectivity index (χ2n) is 3.46. The van der Waals surface area contributed by atoms with E-state index >= 15 is 0 Å². The van der Waals surface area contributed by atoms with E-state index in [-0.39, 0.29) is 12.2 Å². The largest absolute Gasteiger partial charge is 0.467 e. The molecule has 0 fully saturated rings.